The van der Waals surface area contributed by atoms with E-state index in [9.17, 15) is 22.7 Å². The molecule has 0 saturated carbocycles. The van der Waals surface area contributed by atoms with Gasteiger partial charge in [0, 0.05) is 31.7 Å². The largest absolute Gasteiger partial charge is 0.416 e. The van der Waals surface area contributed by atoms with Gasteiger partial charge in [-0.3, -0.25) is 4.90 Å². The van der Waals surface area contributed by atoms with E-state index >= 15 is 0 Å². The summed E-state index contributed by atoms with van der Waals surface area (Å²) < 4.78 is 54.1. The quantitative estimate of drug-likeness (QED) is 0.439. The minimum atomic E-state index is -4.61. The zero-order chi connectivity index (χ0) is 25.6. The van der Waals surface area contributed by atoms with Crippen LogP contribution >= 0.6 is 0 Å². The molecule has 3 nitrogen and oxygen atoms in total. The van der Waals surface area contributed by atoms with E-state index in [1.807, 2.05) is 38.9 Å². The first kappa shape index (κ1) is 31.0. The summed E-state index contributed by atoms with van der Waals surface area (Å²) in [6.07, 6.45) is -4.61. The normalized spacial score (nSPS) is 11.2. The molecular weight excluding hydrogens is 432 g/mol. The Balaban J connectivity index is 0.00000154. The molecule has 33 heavy (non-hydrogen) atoms. The maximum absolute atomic E-state index is 14.2. The van der Waals surface area contributed by atoms with Crippen molar-refractivity contribution in [1.29, 1.82) is 0 Å². The summed E-state index contributed by atoms with van der Waals surface area (Å²) in [6.45, 7) is 11.7. The Morgan fingerprint density at radius 1 is 0.879 bits per heavy atom. The number of rotatable bonds is 8. The molecule has 0 amide bonds. The lowest BCUT2D eigenvalue weighted by molar-refractivity contribution is -0.138. The summed E-state index contributed by atoms with van der Waals surface area (Å²) in [5.74, 6) is -0.0243. The second-order valence-electron chi connectivity index (χ2n) is 8.49. The van der Waals surface area contributed by atoms with Crippen LogP contribution in [0.4, 0.5) is 17.6 Å². The third-order valence-electron chi connectivity index (χ3n) is 4.25. The first-order valence-corrected chi connectivity index (χ1v) is 11.3. The molecule has 0 bridgehead atoms. The molecule has 0 radical (unpaired) electrons. The Bertz CT molecular complexity index is 789. The molecule has 0 aromatic heterocycles. The third-order valence-corrected chi connectivity index (χ3v) is 4.25. The molecule has 188 valence electrons. The number of benzene rings is 2. The van der Waals surface area contributed by atoms with Crippen LogP contribution < -0.4 is 0 Å². The van der Waals surface area contributed by atoms with Crippen LogP contribution in [-0.2, 0) is 25.9 Å². The van der Waals surface area contributed by atoms with Crippen molar-refractivity contribution in [2.24, 2.45) is 5.92 Å². The summed E-state index contributed by atoms with van der Waals surface area (Å²) in [6, 6.07) is 10.2. The smallest absolute Gasteiger partial charge is 0.392 e. The Morgan fingerprint density at radius 3 is 1.94 bits per heavy atom. The summed E-state index contributed by atoms with van der Waals surface area (Å²) in [5.41, 5.74) is 0.288. The highest BCUT2D eigenvalue weighted by Gasteiger charge is 2.34. The van der Waals surface area contributed by atoms with E-state index in [-0.39, 0.29) is 18.7 Å². The van der Waals surface area contributed by atoms with Gasteiger partial charge in [0.2, 0.25) is 0 Å². The van der Waals surface area contributed by atoms with Crippen molar-refractivity contribution in [3.8, 4) is 0 Å². The van der Waals surface area contributed by atoms with Gasteiger partial charge in [-0.15, -0.1) is 0 Å². The lowest BCUT2D eigenvalue weighted by Crippen LogP contribution is -2.32. The van der Waals surface area contributed by atoms with Gasteiger partial charge in [0.15, 0.2) is 0 Å². The topological polar surface area (TPSA) is 26.7 Å². The number of nitrogens with zero attached hydrogens (tertiary/aromatic N) is 2. The molecule has 2 rings (SSSR count). The van der Waals surface area contributed by atoms with Crippen molar-refractivity contribution in [2.45, 2.75) is 60.5 Å². The van der Waals surface area contributed by atoms with Crippen LogP contribution in [0.3, 0.4) is 0 Å². The van der Waals surface area contributed by atoms with Crippen molar-refractivity contribution < 1.29 is 22.7 Å². The molecule has 0 unspecified atom stereocenters. The maximum atomic E-state index is 14.2. The molecule has 7 heteroatoms. The molecule has 0 fully saturated rings. The van der Waals surface area contributed by atoms with Crippen LogP contribution in [-0.4, -0.2) is 42.1 Å². The SMILES string of the molecule is CC.CC(C)C.CN(C)CCN(Cc1cccc(CO)c1)Cc1c(F)cccc1C(F)(F)F. The summed E-state index contributed by atoms with van der Waals surface area (Å²) in [7, 11) is 3.74. The Labute approximate surface area is 197 Å². The van der Waals surface area contributed by atoms with Crippen molar-refractivity contribution in [2.75, 3.05) is 27.2 Å². The molecule has 0 saturated heterocycles. The van der Waals surface area contributed by atoms with Gasteiger partial charge in [-0.2, -0.15) is 13.2 Å². The number of likely N-dealkylation sites (N-methyl/N-ethyl adjacent to an activating group) is 1. The van der Waals surface area contributed by atoms with Gasteiger partial charge in [0.1, 0.15) is 5.82 Å². The van der Waals surface area contributed by atoms with Crippen molar-refractivity contribution in [1.82, 2.24) is 9.80 Å². The molecule has 0 aliphatic carbocycles. The van der Waals surface area contributed by atoms with Crippen LogP contribution in [0, 0.1) is 11.7 Å². The molecule has 0 aliphatic rings. The van der Waals surface area contributed by atoms with Crippen molar-refractivity contribution >= 4 is 0 Å². The predicted octanol–water partition coefficient (Wildman–Crippen LogP) is 6.59. The van der Waals surface area contributed by atoms with E-state index in [1.54, 1.807) is 23.1 Å². The fourth-order valence-corrected chi connectivity index (χ4v) is 2.85. The Kier molecular flexibility index (Phi) is 14.9. The zero-order valence-electron chi connectivity index (χ0n) is 21.0. The van der Waals surface area contributed by atoms with Gasteiger partial charge in [-0.05, 0) is 43.3 Å². The lowest BCUT2D eigenvalue weighted by atomic mass is 10.0. The average molecular weight is 473 g/mol. The molecular formula is C26H40F4N2O. The van der Waals surface area contributed by atoms with E-state index in [4.69, 9.17) is 0 Å². The van der Waals surface area contributed by atoms with Crippen molar-refractivity contribution in [3.05, 3.63) is 70.5 Å². The molecule has 0 spiro atoms. The second-order valence-corrected chi connectivity index (χ2v) is 8.49. The lowest BCUT2D eigenvalue weighted by Gasteiger charge is -2.26. The number of hydrogen-bond donors (Lipinski definition) is 1. The van der Waals surface area contributed by atoms with Gasteiger partial charge in [0.25, 0.3) is 0 Å². The molecule has 0 atom stereocenters. The summed E-state index contributed by atoms with van der Waals surface area (Å²) in [4.78, 5) is 3.70. The van der Waals surface area contributed by atoms with Gasteiger partial charge >= 0.3 is 6.18 Å². The highest BCUT2D eigenvalue weighted by molar-refractivity contribution is 5.31. The molecule has 0 aliphatic heterocycles. The maximum Gasteiger partial charge on any atom is 0.416 e. The molecule has 1 N–H and O–H groups in total. The van der Waals surface area contributed by atoms with Crippen LogP contribution in [0.15, 0.2) is 42.5 Å². The predicted molar refractivity (Wildman–Crippen MR) is 128 cm³/mol. The van der Waals surface area contributed by atoms with Gasteiger partial charge in [-0.1, -0.05) is 65.0 Å². The minimum absolute atomic E-state index is 0.114. The van der Waals surface area contributed by atoms with Crippen molar-refractivity contribution in [3.63, 3.8) is 0 Å². The molecule has 0 heterocycles. The first-order chi connectivity index (χ1) is 15.4. The zero-order valence-corrected chi connectivity index (χ0v) is 21.0. The highest BCUT2D eigenvalue weighted by Crippen LogP contribution is 2.33. The fraction of sp³-hybridized carbons (Fsp3) is 0.538. The van der Waals surface area contributed by atoms with E-state index in [2.05, 4.69) is 20.8 Å². The van der Waals surface area contributed by atoms with E-state index in [0.29, 0.717) is 19.6 Å². The third kappa shape index (κ3) is 12.8. The number of aliphatic hydroxyl groups excluding tert-OH is 1. The van der Waals surface area contributed by atoms with E-state index in [0.717, 1.165) is 35.2 Å². The van der Waals surface area contributed by atoms with Gasteiger partial charge in [-0.25, -0.2) is 4.39 Å². The number of halogens is 4. The summed E-state index contributed by atoms with van der Waals surface area (Å²) in [5, 5.41) is 9.27. The number of alkyl halides is 3. The minimum Gasteiger partial charge on any atom is -0.392 e. The number of aliphatic hydroxyl groups is 1. The summed E-state index contributed by atoms with van der Waals surface area (Å²) >= 11 is 0. The molecule has 2 aromatic rings. The first-order valence-electron chi connectivity index (χ1n) is 11.3. The molecule has 2 aromatic carbocycles. The van der Waals surface area contributed by atoms with E-state index < -0.39 is 17.6 Å². The van der Waals surface area contributed by atoms with Crippen LogP contribution in [0.5, 0.6) is 0 Å². The second kappa shape index (κ2) is 15.8. The van der Waals surface area contributed by atoms with Gasteiger partial charge < -0.3 is 10.0 Å². The van der Waals surface area contributed by atoms with Crippen LogP contribution in [0.25, 0.3) is 0 Å². The fourth-order valence-electron chi connectivity index (χ4n) is 2.85. The Morgan fingerprint density at radius 2 is 1.42 bits per heavy atom. The van der Waals surface area contributed by atoms with Crippen LogP contribution in [0.2, 0.25) is 0 Å². The van der Waals surface area contributed by atoms with Crippen LogP contribution in [0.1, 0.15) is 56.9 Å². The monoisotopic (exact) mass is 472 g/mol. The van der Waals surface area contributed by atoms with E-state index in [1.165, 1.54) is 0 Å². The highest BCUT2D eigenvalue weighted by atomic mass is 19.4. The standard InChI is InChI=1S/C20H24F4N2O.C4H10.C2H6/c1-25(2)9-10-26(12-15-5-3-6-16(11-15)14-27)13-17-18(20(22,23)24)7-4-8-19(17)21;1-4(2)3;1-2/h3-8,11,27H,9-10,12-14H2,1-2H3;4H,1-3H3;1-2H3. The number of hydrogen-bond acceptors (Lipinski definition) is 3. The Hall–Kier alpha value is -1.96. The average Bonchev–Trinajstić information content (AvgIpc) is 2.73. The van der Waals surface area contributed by atoms with Gasteiger partial charge in [0.05, 0.1) is 12.2 Å².